The first-order valence-electron chi connectivity index (χ1n) is 5.61. The standard InChI is InChI=1S/C13H17ClO2/c1-3-5-12(15)10-6-8-11(9-7-10)16-13(14)4-2/h6-9,13H,3-5H2,1-2H3. The second-order valence-corrected chi connectivity index (χ2v) is 4.12. The maximum atomic E-state index is 11.6. The third-order valence-corrected chi connectivity index (χ3v) is 2.64. The quantitative estimate of drug-likeness (QED) is 0.555. The van der Waals surface area contributed by atoms with Gasteiger partial charge in [0.25, 0.3) is 0 Å². The number of alkyl halides is 1. The molecule has 0 N–H and O–H groups in total. The molecule has 1 atom stereocenters. The van der Waals surface area contributed by atoms with Crippen molar-refractivity contribution >= 4 is 17.4 Å². The van der Waals surface area contributed by atoms with E-state index in [0.29, 0.717) is 12.2 Å². The van der Waals surface area contributed by atoms with E-state index in [0.717, 1.165) is 18.4 Å². The van der Waals surface area contributed by atoms with Gasteiger partial charge in [-0.15, -0.1) is 0 Å². The van der Waals surface area contributed by atoms with Crippen LogP contribution in [-0.4, -0.2) is 11.3 Å². The van der Waals surface area contributed by atoms with Gasteiger partial charge in [-0.3, -0.25) is 4.79 Å². The average Bonchev–Trinajstić information content (AvgIpc) is 2.30. The Morgan fingerprint density at radius 2 is 1.94 bits per heavy atom. The van der Waals surface area contributed by atoms with Gasteiger partial charge < -0.3 is 4.74 Å². The van der Waals surface area contributed by atoms with Gasteiger partial charge in [0.05, 0.1) is 0 Å². The number of halogens is 1. The zero-order valence-corrected chi connectivity index (χ0v) is 10.5. The summed E-state index contributed by atoms with van der Waals surface area (Å²) in [5.41, 5.74) is 0.425. The number of Topliss-reactive ketones (excluding diaryl/α,β-unsaturated/α-hetero) is 1. The molecular weight excluding hydrogens is 224 g/mol. The number of ether oxygens (including phenoxy) is 1. The third-order valence-electron chi connectivity index (χ3n) is 2.24. The Hall–Kier alpha value is -1.02. The smallest absolute Gasteiger partial charge is 0.171 e. The summed E-state index contributed by atoms with van der Waals surface area (Å²) < 4.78 is 5.41. The van der Waals surface area contributed by atoms with E-state index in [1.54, 1.807) is 24.3 Å². The highest BCUT2D eigenvalue weighted by atomic mass is 35.5. The zero-order valence-electron chi connectivity index (χ0n) is 9.70. The molecule has 0 fully saturated rings. The van der Waals surface area contributed by atoms with Crippen molar-refractivity contribution in [2.75, 3.05) is 0 Å². The summed E-state index contributed by atoms with van der Waals surface area (Å²) in [5, 5.41) is 0. The molecule has 3 heteroatoms. The van der Waals surface area contributed by atoms with Crippen LogP contribution in [0.15, 0.2) is 24.3 Å². The molecule has 0 aliphatic heterocycles. The molecule has 1 rings (SSSR count). The first-order chi connectivity index (χ1) is 7.67. The highest BCUT2D eigenvalue weighted by Gasteiger charge is 2.06. The van der Waals surface area contributed by atoms with Gasteiger partial charge in [-0.2, -0.15) is 0 Å². The summed E-state index contributed by atoms with van der Waals surface area (Å²) in [6.07, 6.45) is 2.21. The number of ketones is 1. The van der Waals surface area contributed by atoms with Gasteiger partial charge in [0, 0.05) is 12.0 Å². The summed E-state index contributed by atoms with van der Waals surface area (Å²) in [7, 11) is 0. The molecule has 0 aliphatic carbocycles. The summed E-state index contributed by atoms with van der Waals surface area (Å²) in [4.78, 5) is 11.6. The fraction of sp³-hybridized carbons (Fsp3) is 0.462. The van der Waals surface area contributed by atoms with Crippen LogP contribution in [-0.2, 0) is 0 Å². The molecular formula is C13H17ClO2. The van der Waals surface area contributed by atoms with Crippen molar-refractivity contribution in [3.63, 3.8) is 0 Å². The number of hydrogen-bond acceptors (Lipinski definition) is 2. The van der Waals surface area contributed by atoms with Crippen molar-refractivity contribution in [1.82, 2.24) is 0 Å². The lowest BCUT2D eigenvalue weighted by molar-refractivity contribution is 0.0981. The van der Waals surface area contributed by atoms with Gasteiger partial charge in [0.15, 0.2) is 11.3 Å². The number of benzene rings is 1. The molecule has 1 aromatic carbocycles. The van der Waals surface area contributed by atoms with Crippen LogP contribution in [0.25, 0.3) is 0 Å². The molecule has 0 heterocycles. The van der Waals surface area contributed by atoms with Crippen molar-refractivity contribution in [3.8, 4) is 5.75 Å². The van der Waals surface area contributed by atoms with Crippen LogP contribution < -0.4 is 4.74 Å². The summed E-state index contributed by atoms with van der Waals surface area (Å²) in [5.74, 6) is 0.877. The molecule has 0 saturated heterocycles. The summed E-state index contributed by atoms with van der Waals surface area (Å²) in [6.45, 7) is 3.95. The lowest BCUT2D eigenvalue weighted by atomic mass is 10.1. The maximum Gasteiger partial charge on any atom is 0.171 e. The predicted octanol–water partition coefficient (Wildman–Crippen LogP) is 4.02. The van der Waals surface area contributed by atoms with E-state index in [4.69, 9.17) is 16.3 Å². The molecule has 0 bridgehead atoms. The molecule has 88 valence electrons. The van der Waals surface area contributed by atoms with E-state index in [9.17, 15) is 4.79 Å². The van der Waals surface area contributed by atoms with Gasteiger partial charge in [-0.1, -0.05) is 25.4 Å². The lowest BCUT2D eigenvalue weighted by Gasteiger charge is -2.10. The minimum absolute atomic E-state index is 0.173. The second kappa shape index (κ2) is 6.54. The van der Waals surface area contributed by atoms with E-state index in [1.165, 1.54) is 0 Å². The normalized spacial score (nSPS) is 12.2. The Bertz CT molecular complexity index is 332. The Labute approximate surface area is 102 Å². The van der Waals surface area contributed by atoms with Gasteiger partial charge in [-0.05, 0) is 37.1 Å². The molecule has 1 aromatic rings. The molecule has 0 aliphatic rings. The maximum absolute atomic E-state index is 11.6. The van der Waals surface area contributed by atoms with Crippen molar-refractivity contribution < 1.29 is 9.53 Å². The van der Waals surface area contributed by atoms with Crippen LogP contribution in [0.1, 0.15) is 43.5 Å². The molecule has 0 aromatic heterocycles. The summed E-state index contributed by atoms with van der Waals surface area (Å²) in [6, 6.07) is 7.14. The Morgan fingerprint density at radius 3 is 2.44 bits per heavy atom. The van der Waals surface area contributed by atoms with E-state index in [1.807, 2.05) is 13.8 Å². The lowest BCUT2D eigenvalue weighted by Crippen LogP contribution is -2.06. The zero-order chi connectivity index (χ0) is 12.0. The number of hydrogen-bond donors (Lipinski definition) is 0. The highest BCUT2D eigenvalue weighted by molar-refractivity contribution is 6.19. The van der Waals surface area contributed by atoms with E-state index >= 15 is 0 Å². The van der Waals surface area contributed by atoms with Crippen molar-refractivity contribution in [3.05, 3.63) is 29.8 Å². The Kier molecular flexibility index (Phi) is 5.33. The van der Waals surface area contributed by atoms with Crippen LogP contribution in [0.4, 0.5) is 0 Å². The van der Waals surface area contributed by atoms with Gasteiger partial charge >= 0.3 is 0 Å². The van der Waals surface area contributed by atoms with Crippen molar-refractivity contribution in [1.29, 1.82) is 0 Å². The van der Waals surface area contributed by atoms with Crippen LogP contribution in [0.2, 0.25) is 0 Å². The number of carbonyl (C=O) groups excluding carboxylic acids is 1. The van der Waals surface area contributed by atoms with Crippen LogP contribution in [0, 0.1) is 0 Å². The summed E-state index contributed by atoms with van der Waals surface area (Å²) >= 11 is 5.86. The van der Waals surface area contributed by atoms with Gasteiger partial charge in [0.2, 0.25) is 0 Å². The van der Waals surface area contributed by atoms with Crippen LogP contribution >= 0.6 is 11.6 Å². The Morgan fingerprint density at radius 1 is 1.31 bits per heavy atom. The molecule has 0 saturated carbocycles. The molecule has 2 nitrogen and oxygen atoms in total. The monoisotopic (exact) mass is 240 g/mol. The minimum Gasteiger partial charge on any atom is -0.475 e. The molecule has 1 unspecified atom stereocenters. The van der Waals surface area contributed by atoms with Crippen LogP contribution in [0.5, 0.6) is 5.75 Å². The van der Waals surface area contributed by atoms with Gasteiger partial charge in [0.1, 0.15) is 5.75 Å². The average molecular weight is 241 g/mol. The third kappa shape index (κ3) is 3.86. The SMILES string of the molecule is CCCC(=O)c1ccc(OC(Cl)CC)cc1. The number of rotatable bonds is 6. The first-order valence-corrected chi connectivity index (χ1v) is 6.05. The van der Waals surface area contributed by atoms with E-state index < -0.39 is 0 Å². The predicted molar refractivity (Wildman–Crippen MR) is 66.2 cm³/mol. The van der Waals surface area contributed by atoms with E-state index in [2.05, 4.69) is 0 Å². The van der Waals surface area contributed by atoms with E-state index in [-0.39, 0.29) is 11.3 Å². The van der Waals surface area contributed by atoms with Gasteiger partial charge in [-0.25, -0.2) is 0 Å². The molecule has 0 radical (unpaired) electrons. The van der Waals surface area contributed by atoms with Crippen molar-refractivity contribution in [2.45, 2.75) is 38.7 Å². The fourth-order valence-corrected chi connectivity index (χ4v) is 1.42. The Balaban J connectivity index is 2.64. The van der Waals surface area contributed by atoms with Crippen LogP contribution in [0.3, 0.4) is 0 Å². The molecule has 16 heavy (non-hydrogen) atoms. The second-order valence-electron chi connectivity index (χ2n) is 3.63. The largest absolute Gasteiger partial charge is 0.475 e. The first kappa shape index (κ1) is 13.0. The van der Waals surface area contributed by atoms with Crippen molar-refractivity contribution in [2.24, 2.45) is 0 Å². The fourth-order valence-electron chi connectivity index (χ4n) is 1.32. The number of carbonyl (C=O) groups is 1. The highest BCUT2D eigenvalue weighted by Crippen LogP contribution is 2.17. The molecule has 0 spiro atoms. The minimum atomic E-state index is -0.308. The molecule has 0 amide bonds. The topological polar surface area (TPSA) is 26.3 Å².